The molecule has 0 radical (unpaired) electrons. The summed E-state index contributed by atoms with van der Waals surface area (Å²) >= 11 is 0. The van der Waals surface area contributed by atoms with Gasteiger partial charge in [0.05, 0.1) is 0 Å². The summed E-state index contributed by atoms with van der Waals surface area (Å²) in [6, 6.07) is 12.7. The second kappa shape index (κ2) is 12.4. The second-order valence-electron chi connectivity index (χ2n) is 7.21. The summed E-state index contributed by atoms with van der Waals surface area (Å²) in [5.41, 5.74) is 1.58. The van der Waals surface area contributed by atoms with Crippen molar-refractivity contribution in [2.24, 2.45) is 5.16 Å². The predicted molar refractivity (Wildman–Crippen MR) is 121 cm³/mol. The number of carbonyl (C=O) groups is 1. The highest BCUT2D eigenvalue weighted by Crippen LogP contribution is 2.20. The van der Waals surface area contributed by atoms with Gasteiger partial charge in [-0.2, -0.15) is 0 Å². The number of halogens is 1. The summed E-state index contributed by atoms with van der Waals surface area (Å²) in [6.45, 7) is 4.35. The molecule has 1 aromatic heterocycles. The zero-order chi connectivity index (χ0) is 24.3. The number of ether oxygens (including phenoxy) is 2. The first-order valence-electron chi connectivity index (χ1n) is 10.8. The highest BCUT2D eigenvalue weighted by Gasteiger charge is 2.19. The van der Waals surface area contributed by atoms with E-state index in [1.807, 2.05) is 6.92 Å². The Morgan fingerprint density at radius 2 is 1.97 bits per heavy atom. The number of carboxylic acids is 1. The van der Waals surface area contributed by atoms with Crippen LogP contribution in [0.2, 0.25) is 0 Å². The summed E-state index contributed by atoms with van der Waals surface area (Å²) in [7, 11) is 0. The van der Waals surface area contributed by atoms with Crippen LogP contribution in [0.15, 0.2) is 58.1 Å². The zero-order valence-electron chi connectivity index (χ0n) is 18.9. The Kier molecular flexibility index (Phi) is 9.10. The normalized spacial score (nSPS) is 12.4. The first-order chi connectivity index (χ1) is 16.5. The monoisotopic (exact) mass is 471 g/mol. The summed E-state index contributed by atoms with van der Waals surface area (Å²) in [4.78, 5) is 16.7. The lowest BCUT2D eigenvalue weighted by atomic mass is 10.1. The fourth-order valence-electron chi connectivity index (χ4n) is 2.94. The lowest BCUT2D eigenvalue weighted by Gasteiger charge is -2.13. The molecule has 0 aliphatic carbocycles. The predicted octanol–water partition coefficient (Wildman–Crippen LogP) is 4.12. The van der Waals surface area contributed by atoms with Crippen LogP contribution in [-0.2, 0) is 20.8 Å². The third-order valence-electron chi connectivity index (χ3n) is 4.57. The van der Waals surface area contributed by atoms with Gasteiger partial charge in [0, 0.05) is 18.6 Å². The molecule has 3 rings (SSSR count). The molecule has 0 aliphatic rings. The third-order valence-corrected chi connectivity index (χ3v) is 4.57. The molecule has 1 heterocycles. The molecular formula is C24H26FN3O6. The molecule has 34 heavy (non-hydrogen) atoms. The van der Waals surface area contributed by atoms with Gasteiger partial charge < -0.3 is 23.8 Å². The van der Waals surface area contributed by atoms with Gasteiger partial charge in [-0.1, -0.05) is 24.2 Å². The van der Waals surface area contributed by atoms with Crippen LogP contribution in [0.3, 0.4) is 0 Å². The molecule has 1 N–H and O–H groups in total. The van der Waals surface area contributed by atoms with Crippen LogP contribution in [0.25, 0.3) is 11.5 Å². The highest BCUT2D eigenvalue weighted by molar-refractivity contribution is 5.97. The topological polar surface area (TPSA) is 116 Å². The van der Waals surface area contributed by atoms with Gasteiger partial charge in [-0.3, -0.25) is 0 Å². The van der Waals surface area contributed by atoms with Gasteiger partial charge in [0.2, 0.25) is 5.89 Å². The van der Waals surface area contributed by atoms with Crippen molar-refractivity contribution in [1.29, 1.82) is 0 Å². The Bertz CT molecular complexity index is 1100. The molecule has 0 spiro atoms. The molecule has 0 amide bonds. The first kappa shape index (κ1) is 24.8. The minimum absolute atomic E-state index is 0.0357. The zero-order valence-corrected chi connectivity index (χ0v) is 18.9. The van der Waals surface area contributed by atoms with Crippen molar-refractivity contribution >= 4 is 11.7 Å². The molecule has 3 aromatic rings. The summed E-state index contributed by atoms with van der Waals surface area (Å²) in [6.07, 6.45) is 0.0173. The van der Waals surface area contributed by atoms with Gasteiger partial charge in [-0.25, -0.2) is 9.18 Å². The lowest BCUT2D eigenvalue weighted by Crippen LogP contribution is -2.26. The molecule has 0 saturated heterocycles. The Morgan fingerprint density at radius 3 is 2.68 bits per heavy atom. The standard InChI is InChI=1S/C24H26FN3O6/c1-3-12-33-28-20(23-27-26-22(34-23)17-8-10-18(25)11-9-17)15-32-19-7-5-6-16(13-19)14-21(24(29)30)31-4-2/h5-11,13,21H,3-4,12,14-15H2,1-2H3,(H,29,30). The van der Waals surface area contributed by atoms with E-state index in [4.69, 9.17) is 18.7 Å². The maximum Gasteiger partial charge on any atom is 0.333 e. The maximum atomic E-state index is 13.2. The van der Waals surface area contributed by atoms with Crippen LogP contribution in [0.4, 0.5) is 4.39 Å². The lowest BCUT2D eigenvalue weighted by molar-refractivity contribution is -0.149. The van der Waals surface area contributed by atoms with Gasteiger partial charge in [0.15, 0.2) is 11.8 Å². The quantitative estimate of drug-likeness (QED) is 0.225. The van der Waals surface area contributed by atoms with E-state index in [9.17, 15) is 14.3 Å². The molecule has 0 aliphatic heterocycles. The molecule has 0 bridgehead atoms. The molecule has 0 fully saturated rings. The Morgan fingerprint density at radius 1 is 1.18 bits per heavy atom. The number of carboxylic acid groups (broad SMARTS) is 1. The van der Waals surface area contributed by atoms with E-state index < -0.39 is 12.1 Å². The number of hydrogen-bond donors (Lipinski definition) is 1. The summed E-state index contributed by atoms with van der Waals surface area (Å²) in [5.74, 6) is -0.585. The van der Waals surface area contributed by atoms with Crippen molar-refractivity contribution in [3.05, 3.63) is 65.8 Å². The highest BCUT2D eigenvalue weighted by atomic mass is 19.1. The number of aliphatic carboxylic acids is 1. The van der Waals surface area contributed by atoms with Crippen LogP contribution >= 0.6 is 0 Å². The van der Waals surface area contributed by atoms with E-state index in [0.717, 1.165) is 12.0 Å². The largest absolute Gasteiger partial charge is 0.487 e. The molecule has 1 unspecified atom stereocenters. The molecule has 10 heteroatoms. The molecular weight excluding hydrogens is 445 g/mol. The van der Waals surface area contributed by atoms with E-state index in [2.05, 4.69) is 15.4 Å². The average Bonchev–Trinajstić information content (AvgIpc) is 3.32. The smallest absolute Gasteiger partial charge is 0.333 e. The summed E-state index contributed by atoms with van der Waals surface area (Å²) < 4.78 is 30.0. The van der Waals surface area contributed by atoms with Crippen LogP contribution in [0.1, 0.15) is 31.7 Å². The second-order valence-corrected chi connectivity index (χ2v) is 7.21. The minimum Gasteiger partial charge on any atom is -0.487 e. The number of aromatic nitrogens is 2. The molecule has 1 atom stereocenters. The van der Waals surface area contributed by atoms with Gasteiger partial charge >= 0.3 is 5.97 Å². The van der Waals surface area contributed by atoms with E-state index in [0.29, 0.717) is 24.5 Å². The van der Waals surface area contributed by atoms with Gasteiger partial charge in [0.25, 0.3) is 5.89 Å². The Labute approximate surface area is 196 Å². The van der Waals surface area contributed by atoms with E-state index >= 15 is 0 Å². The Hall–Kier alpha value is -3.79. The number of oxime groups is 1. The molecule has 180 valence electrons. The molecule has 9 nitrogen and oxygen atoms in total. The molecule has 2 aromatic carbocycles. The number of nitrogens with zero attached hydrogens (tertiary/aromatic N) is 3. The number of hydrogen-bond acceptors (Lipinski definition) is 8. The van der Waals surface area contributed by atoms with Crippen LogP contribution in [0.5, 0.6) is 5.75 Å². The average molecular weight is 471 g/mol. The molecule has 0 saturated carbocycles. The Balaban J connectivity index is 1.73. The van der Waals surface area contributed by atoms with Crippen molar-refractivity contribution in [3.8, 4) is 17.2 Å². The van der Waals surface area contributed by atoms with E-state index in [1.165, 1.54) is 24.3 Å². The minimum atomic E-state index is -1.02. The number of rotatable bonds is 13. The van der Waals surface area contributed by atoms with Crippen molar-refractivity contribution < 1.29 is 33.0 Å². The van der Waals surface area contributed by atoms with Gasteiger partial charge in [-0.15, -0.1) is 10.2 Å². The first-order valence-corrected chi connectivity index (χ1v) is 10.8. The fourth-order valence-corrected chi connectivity index (χ4v) is 2.94. The van der Waals surface area contributed by atoms with Crippen molar-refractivity contribution in [3.63, 3.8) is 0 Å². The third kappa shape index (κ3) is 7.11. The SMILES string of the molecule is CCCON=C(COc1cccc(CC(OCC)C(=O)O)c1)c1nnc(-c2ccc(F)cc2)o1. The van der Waals surface area contributed by atoms with Crippen LogP contribution in [0, 0.1) is 5.82 Å². The van der Waals surface area contributed by atoms with Crippen LogP contribution in [-0.4, -0.2) is 52.9 Å². The van der Waals surface area contributed by atoms with Crippen molar-refractivity contribution in [2.75, 3.05) is 19.8 Å². The van der Waals surface area contributed by atoms with Crippen molar-refractivity contribution in [2.45, 2.75) is 32.8 Å². The van der Waals surface area contributed by atoms with Gasteiger partial charge in [0.1, 0.15) is 24.8 Å². The van der Waals surface area contributed by atoms with Crippen molar-refractivity contribution in [1.82, 2.24) is 10.2 Å². The van der Waals surface area contributed by atoms with Gasteiger partial charge in [-0.05, 0) is 55.3 Å². The maximum absolute atomic E-state index is 13.2. The van der Waals surface area contributed by atoms with E-state index in [1.54, 1.807) is 31.2 Å². The van der Waals surface area contributed by atoms with E-state index in [-0.39, 0.29) is 36.3 Å². The summed E-state index contributed by atoms with van der Waals surface area (Å²) in [5, 5.41) is 21.4. The fraction of sp³-hybridized carbons (Fsp3) is 0.333. The van der Waals surface area contributed by atoms with Crippen LogP contribution < -0.4 is 4.74 Å². The number of benzene rings is 2.